The van der Waals surface area contributed by atoms with Crippen molar-refractivity contribution in [3.05, 3.63) is 47.9 Å². The highest BCUT2D eigenvalue weighted by atomic mass is 16.3. The lowest BCUT2D eigenvalue weighted by atomic mass is 10.2. The molecule has 2 rings (SSSR count). The predicted octanol–water partition coefficient (Wildman–Crippen LogP) is 2.70. The van der Waals surface area contributed by atoms with Crippen LogP contribution < -0.4 is 10.6 Å². The van der Waals surface area contributed by atoms with E-state index in [1.165, 1.54) is 0 Å². The molecule has 0 fully saturated rings. The molecule has 0 aliphatic rings. The molecule has 4 nitrogen and oxygen atoms in total. The number of hydrogen-bond donors (Lipinski definition) is 1. The normalized spacial score (nSPS) is 10.3. The monoisotopic (exact) mass is 244 g/mol. The number of nitrogens with zero attached hydrogens (tertiary/aromatic N) is 1. The fraction of sp³-hybridized carbons (Fsp3) is 0.214. The highest BCUT2D eigenvalue weighted by Crippen LogP contribution is 2.19. The average molecular weight is 244 g/mol. The maximum Gasteiger partial charge on any atom is 0.261 e. The van der Waals surface area contributed by atoms with Crippen LogP contribution in [0.3, 0.4) is 0 Å². The molecule has 94 valence electrons. The van der Waals surface area contributed by atoms with Crippen molar-refractivity contribution < 1.29 is 9.21 Å². The molecule has 0 aliphatic carbocycles. The molecule has 2 aromatic rings. The summed E-state index contributed by atoms with van der Waals surface area (Å²) in [5, 5.41) is 0. The van der Waals surface area contributed by atoms with E-state index in [9.17, 15) is 4.79 Å². The minimum absolute atomic E-state index is 0.0784. The number of nitrogens with two attached hydrogens (primary N) is 1. The molecule has 4 heteroatoms. The Labute approximate surface area is 106 Å². The summed E-state index contributed by atoms with van der Waals surface area (Å²) in [7, 11) is 1.74. The molecule has 1 aromatic heterocycles. The van der Waals surface area contributed by atoms with Crippen molar-refractivity contribution in [3.8, 4) is 0 Å². The quantitative estimate of drug-likeness (QED) is 0.844. The Hall–Kier alpha value is -2.23. The Kier molecular flexibility index (Phi) is 3.37. The number of aryl methyl sites for hydroxylation is 1. The van der Waals surface area contributed by atoms with Gasteiger partial charge >= 0.3 is 0 Å². The smallest absolute Gasteiger partial charge is 0.261 e. The van der Waals surface area contributed by atoms with Crippen molar-refractivity contribution in [1.82, 2.24) is 0 Å². The van der Waals surface area contributed by atoms with Gasteiger partial charge in [0.15, 0.2) is 0 Å². The van der Waals surface area contributed by atoms with Crippen LogP contribution in [0.4, 0.5) is 11.4 Å². The molecule has 0 unspecified atom stereocenters. The van der Waals surface area contributed by atoms with Crippen LogP contribution in [-0.4, -0.2) is 13.0 Å². The van der Waals surface area contributed by atoms with Gasteiger partial charge in [-0.2, -0.15) is 0 Å². The first-order chi connectivity index (χ1) is 8.63. The highest BCUT2D eigenvalue weighted by molar-refractivity contribution is 6.06. The molecule has 0 bridgehead atoms. The fourth-order valence-corrected chi connectivity index (χ4v) is 1.80. The summed E-state index contributed by atoms with van der Waals surface area (Å²) in [6.45, 7) is 1.96. The topological polar surface area (TPSA) is 59.5 Å². The minimum Gasteiger partial charge on any atom is -0.469 e. The number of hydrogen-bond acceptors (Lipinski definition) is 3. The molecule has 0 saturated carbocycles. The number of rotatable bonds is 3. The number of anilines is 2. The van der Waals surface area contributed by atoms with Crippen LogP contribution in [0.1, 0.15) is 23.0 Å². The highest BCUT2D eigenvalue weighted by Gasteiger charge is 2.18. The van der Waals surface area contributed by atoms with Gasteiger partial charge in [0, 0.05) is 24.8 Å². The molecule has 0 aliphatic heterocycles. The van der Waals surface area contributed by atoms with Crippen LogP contribution >= 0.6 is 0 Å². The predicted molar refractivity (Wildman–Crippen MR) is 71.7 cm³/mol. The van der Waals surface area contributed by atoms with E-state index in [1.807, 2.05) is 19.1 Å². The third kappa shape index (κ3) is 2.22. The van der Waals surface area contributed by atoms with E-state index in [0.29, 0.717) is 23.4 Å². The molecular weight excluding hydrogens is 228 g/mol. The lowest BCUT2D eigenvalue weighted by molar-refractivity contribution is 0.0991. The van der Waals surface area contributed by atoms with Crippen LogP contribution in [0, 0.1) is 0 Å². The van der Waals surface area contributed by atoms with Gasteiger partial charge < -0.3 is 15.1 Å². The van der Waals surface area contributed by atoms with Crippen LogP contribution in [0.2, 0.25) is 0 Å². The SMILES string of the molecule is CCc1occc1C(=O)N(C)c1ccc(N)cc1. The zero-order valence-corrected chi connectivity index (χ0v) is 10.5. The van der Waals surface area contributed by atoms with Gasteiger partial charge in [0.05, 0.1) is 11.8 Å². The first kappa shape index (κ1) is 12.2. The van der Waals surface area contributed by atoms with Gasteiger partial charge in [0.2, 0.25) is 0 Å². The third-order valence-electron chi connectivity index (χ3n) is 2.88. The van der Waals surface area contributed by atoms with E-state index >= 15 is 0 Å². The van der Waals surface area contributed by atoms with E-state index in [4.69, 9.17) is 10.2 Å². The van der Waals surface area contributed by atoms with Gasteiger partial charge in [-0.05, 0) is 30.3 Å². The molecule has 2 N–H and O–H groups in total. The van der Waals surface area contributed by atoms with Crippen LogP contribution in [0.15, 0.2) is 41.0 Å². The zero-order chi connectivity index (χ0) is 13.1. The lowest BCUT2D eigenvalue weighted by Crippen LogP contribution is -2.26. The second-order valence-electron chi connectivity index (χ2n) is 4.07. The van der Waals surface area contributed by atoms with Gasteiger partial charge in [0.25, 0.3) is 5.91 Å². The molecule has 1 aromatic carbocycles. The van der Waals surface area contributed by atoms with E-state index < -0.39 is 0 Å². The van der Waals surface area contributed by atoms with Crippen LogP contribution in [0.25, 0.3) is 0 Å². The van der Waals surface area contributed by atoms with Gasteiger partial charge in [-0.3, -0.25) is 4.79 Å². The maximum atomic E-state index is 12.3. The fourth-order valence-electron chi connectivity index (χ4n) is 1.80. The van der Waals surface area contributed by atoms with Gasteiger partial charge in [0.1, 0.15) is 5.76 Å². The maximum absolute atomic E-state index is 12.3. The molecule has 0 spiro atoms. The van der Waals surface area contributed by atoms with E-state index in [1.54, 1.807) is 36.4 Å². The van der Waals surface area contributed by atoms with E-state index in [-0.39, 0.29) is 5.91 Å². The van der Waals surface area contributed by atoms with Crippen molar-refractivity contribution in [1.29, 1.82) is 0 Å². The van der Waals surface area contributed by atoms with Gasteiger partial charge in [-0.15, -0.1) is 0 Å². The number of carbonyl (C=O) groups excluding carboxylic acids is 1. The number of nitrogen functional groups attached to an aromatic ring is 1. The van der Waals surface area contributed by atoms with Crippen molar-refractivity contribution in [2.75, 3.05) is 17.7 Å². The van der Waals surface area contributed by atoms with Crippen molar-refractivity contribution >= 4 is 17.3 Å². The largest absolute Gasteiger partial charge is 0.469 e. The van der Waals surface area contributed by atoms with Gasteiger partial charge in [-0.1, -0.05) is 6.92 Å². The second-order valence-corrected chi connectivity index (χ2v) is 4.07. The summed E-state index contributed by atoms with van der Waals surface area (Å²) in [5.41, 5.74) is 7.71. The summed E-state index contributed by atoms with van der Waals surface area (Å²) < 4.78 is 5.27. The van der Waals surface area contributed by atoms with Crippen LogP contribution in [0.5, 0.6) is 0 Å². The van der Waals surface area contributed by atoms with Crippen molar-refractivity contribution in [3.63, 3.8) is 0 Å². The number of amides is 1. The Morgan fingerprint density at radius 1 is 1.28 bits per heavy atom. The summed E-state index contributed by atoms with van der Waals surface area (Å²) in [5.74, 6) is 0.632. The summed E-state index contributed by atoms with van der Waals surface area (Å²) in [4.78, 5) is 13.9. The standard InChI is InChI=1S/C14H16N2O2/c1-3-13-12(8-9-18-13)14(17)16(2)11-6-4-10(15)5-7-11/h4-9H,3,15H2,1-2H3. The van der Waals surface area contributed by atoms with Crippen molar-refractivity contribution in [2.24, 2.45) is 0 Å². The molecule has 0 saturated heterocycles. The Bertz CT molecular complexity index is 543. The Morgan fingerprint density at radius 3 is 2.56 bits per heavy atom. The van der Waals surface area contributed by atoms with Crippen molar-refractivity contribution in [2.45, 2.75) is 13.3 Å². The Balaban J connectivity index is 2.26. The second kappa shape index (κ2) is 4.96. The zero-order valence-electron chi connectivity index (χ0n) is 10.5. The minimum atomic E-state index is -0.0784. The molecule has 18 heavy (non-hydrogen) atoms. The number of carbonyl (C=O) groups is 1. The Morgan fingerprint density at radius 2 is 1.94 bits per heavy atom. The summed E-state index contributed by atoms with van der Waals surface area (Å²) in [6, 6.07) is 8.89. The molecule has 0 radical (unpaired) electrons. The van der Waals surface area contributed by atoms with E-state index in [2.05, 4.69) is 0 Å². The van der Waals surface area contributed by atoms with Gasteiger partial charge in [-0.25, -0.2) is 0 Å². The number of benzene rings is 1. The summed E-state index contributed by atoms with van der Waals surface area (Å²) >= 11 is 0. The average Bonchev–Trinajstić information content (AvgIpc) is 2.86. The third-order valence-corrected chi connectivity index (χ3v) is 2.88. The first-order valence-electron chi connectivity index (χ1n) is 5.83. The summed E-state index contributed by atoms with van der Waals surface area (Å²) in [6.07, 6.45) is 2.24. The molecular formula is C14H16N2O2. The lowest BCUT2D eigenvalue weighted by Gasteiger charge is -2.17. The molecule has 1 amide bonds. The van der Waals surface area contributed by atoms with Crippen LogP contribution in [-0.2, 0) is 6.42 Å². The van der Waals surface area contributed by atoms with E-state index in [0.717, 1.165) is 5.69 Å². The first-order valence-corrected chi connectivity index (χ1v) is 5.83. The molecule has 0 atom stereocenters. The molecule has 1 heterocycles. The number of furan rings is 1.